The van der Waals surface area contributed by atoms with Gasteiger partial charge >= 0.3 is 0 Å². The summed E-state index contributed by atoms with van der Waals surface area (Å²) in [6.45, 7) is 6.80. The molecule has 27 heavy (non-hydrogen) atoms. The Hall–Kier alpha value is -3.42. The van der Waals surface area contributed by atoms with E-state index in [1.165, 1.54) is 0 Å². The van der Waals surface area contributed by atoms with Gasteiger partial charge in [0.15, 0.2) is 0 Å². The van der Waals surface area contributed by atoms with Crippen LogP contribution in [0.5, 0.6) is 0 Å². The lowest BCUT2D eigenvalue weighted by molar-refractivity contribution is 0.102. The Bertz CT molecular complexity index is 1150. The van der Waals surface area contributed by atoms with Gasteiger partial charge in [-0.3, -0.25) is 14.6 Å². The van der Waals surface area contributed by atoms with Crippen molar-refractivity contribution in [3.8, 4) is 11.3 Å². The maximum Gasteiger partial charge on any atom is 0.273 e. The number of rotatable bonds is 4. The van der Waals surface area contributed by atoms with Crippen molar-refractivity contribution in [1.82, 2.24) is 29.5 Å². The van der Waals surface area contributed by atoms with Gasteiger partial charge in [0.2, 0.25) is 0 Å². The Balaban J connectivity index is 1.59. The zero-order valence-electron chi connectivity index (χ0n) is 15.7. The smallest absolute Gasteiger partial charge is 0.273 e. The monoisotopic (exact) mass is 363 g/mol. The largest absolute Gasteiger partial charge is 0.334 e. The minimum absolute atomic E-state index is 0.248. The Morgan fingerprint density at radius 2 is 2.07 bits per heavy atom. The molecule has 0 bridgehead atoms. The highest BCUT2D eigenvalue weighted by Gasteiger charge is 2.18. The first kappa shape index (κ1) is 17.0. The van der Waals surface area contributed by atoms with E-state index in [-0.39, 0.29) is 5.91 Å². The molecule has 0 radical (unpaired) electrons. The molecule has 4 rings (SSSR count). The van der Waals surface area contributed by atoms with Crippen LogP contribution in [0.4, 0.5) is 5.69 Å². The summed E-state index contributed by atoms with van der Waals surface area (Å²) in [6.07, 6.45) is 1.75. The van der Waals surface area contributed by atoms with Crippen LogP contribution in [0.25, 0.3) is 22.3 Å². The van der Waals surface area contributed by atoms with Crippen molar-refractivity contribution in [2.45, 2.75) is 27.3 Å². The molecule has 1 amide bonds. The lowest BCUT2D eigenvalue weighted by Crippen LogP contribution is -2.12. The van der Waals surface area contributed by atoms with Crippen molar-refractivity contribution in [3.05, 3.63) is 47.7 Å². The van der Waals surface area contributed by atoms with Gasteiger partial charge in [0.1, 0.15) is 5.69 Å². The fourth-order valence-corrected chi connectivity index (χ4v) is 3.35. The van der Waals surface area contributed by atoms with Gasteiger partial charge in [0.05, 0.1) is 28.7 Å². The van der Waals surface area contributed by atoms with E-state index in [0.29, 0.717) is 11.4 Å². The highest BCUT2D eigenvalue weighted by molar-refractivity contribution is 6.04. The molecule has 3 heterocycles. The number of carbonyl (C=O) groups is 1. The van der Waals surface area contributed by atoms with Crippen LogP contribution < -0.4 is 5.32 Å². The van der Waals surface area contributed by atoms with E-state index in [1.54, 1.807) is 12.4 Å². The summed E-state index contributed by atoms with van der Waals surface area (Å²) >= 11 is 0. The fraction of sp³-hybridized carbons (Fsp3) is 0.263. The number of H-pyrrole nitrogens is 1. The molecule has 2 N–H and O–H groups in total. The predicted molar refractivity (Wildman–Crippen MR) is 104 cm³/mol. The molecule has 1 aromatic carbocycles. The maximum atomic E-state index is 12.6. The summed E-state index contributed by atoms with van der Waals surface area (Å²) in [7, 11) is 1.93. The molecule has 8 heteroatoms. The molecule has 0 atom stereocenters. The van der Waals surface area contributed by atoms with Crippen molar-refractivity contribution in [2.75, 3.05) is 5.32 Å². The molecule has 0 saturated heterocycles. The van der Waals surface area contributed by atoms with E-state index >= 15 is 0 Å². The SMILES string of the molecule is CCn1nc(C)c(-c2cc(C(=O)Nc3ccc4c(c3)ncn4C)[nH]n2)c1C. The number of fused-ring (bicyclic) bond motifs is 1. The van der Waals surface area contributed by atoms with Crippen LogP contribution in [0.2, 0.25) is 0 Å². The number of imidazole rings is 1. The van der Waals surface area contributed by atoms with Crippen molar-refractivity contribution in [3.63, 3.8) is 0 Å². The van der Waals surface area contributed by atoms with Crippen LogP contribution in [0.15, 0.2) is 30.6 Å². The van der Waals surface area contributed by atoms with Gasteiger partial charge in [-0.1, -0.05) is 0 Å². The topological polar surface area (TPSA) is 93.4 Å². The summed E-state index contributed by atoms with van der Waals surface area (Å²) in [6, 6.07) is 7.40. The third-order valence-electron chi connectivity index (χ3n) is 4.74. The number of hydrogen-bond acceptors (Lipinski definition) is 4. The number of aromatic amines is 1. The van der Waals surface area contributed by atoms with Gasteiger partial charge in [0.25, 0.3) is 5.91 Å². The predicted octanol–water partition coefficient (Wildman–Crippen LogP) is 3.05. The molecule has 0 aliphatic rings. The Morgan fingerprint density at radius 1 is 1.26 bits per heavy atom. The summed E-state index contributed by atoms with van der Waals surface area (Å²) in [4.78, 5) is 16.9. The second kappa shape index (κ2) is 6.39. The highest BCUT2D eigenvalue weighted by Crippen LogP contribution is 2.26. The van der Waals surface area contributed by atoms with Gasteiger partial charge in [-0.05, 0) is 45.0 Å². The average Bonchev–Trinajstić information content (AvgIpc) is 3.33. The van der Waals surface area contributed by atoms with Gasteiger partial charge in [-0.15, -0.1) is 0 Å². The van der Waals surface area contributed by atoms with Crippen molar-refractivity contribution in [2.24, 2.45) is 7.05 Å². The third-order valence-corrected chi connectivity index (χ3v) is 4.74. The number of aryl methyl sites for hydroxylation is 3. The van der Waals surface area contributed by atoms with E-state index in [0.717, 1.165) is 40.2 Å². The van der Waals surface area contributed by atoms with Gasteiger partial charge in [-0.2, -0.15) is 10.2 Å². The first-order valence-electron chi connectivity index (χ1n) is 8.80. The summed E-state index contributed by atoms with van der Waals surface area (Å²) < 4.78 is 3.87. The molecule has 0 unspecified atom stereocenters. The molecular weight excluding hydrogens is 342 g/mol. The quantitative estimate of drug-likeness (QED) is 0.583. The van der Waals surface area contributed by atoms with E-state index in [9.17, 15) is 4.79 Å². The molecule has 4 aromatic rings. The first-order valence-corrected chi connectivity index (χ1v) is 8.80. The second-order valence-electron chi connectivity index (χ2n) is 6.54. The normalized spacial score (nSPS) is 11.3. The number of amides is 1. The first-order chi connectivity index (χ1) is 13.0. The van der Waals surface area contributed by atoms with E-state index in [4.69, 9.17) is 0 Å². The van der Waals surface area contributed by atoms with Crippen molar-refractivity contribution in [1.29, 1.82) is 0 Å². The minimum Gasteiger partial charge on any atom is -0.334 e. The zero-order chi connectivity index (χ0) is 19.1. The van der Waals surface area contributed by atoms with E-state index in [2.05, 4.69) is 25.6 Å². The molecule has 0 fully saturated rings. The summed E-state index contributed by atoms with van der Waals surface area (Å²) in [5.74, 6) is -0.248. The van der Waals surface area contributed by atoms with Crippen molar-refractivity contribution < 1.29 is 4.79 Å². The fourth-order valence-electron chi connectivity index (χ4n) is 3.35. The lowest BCUT2D eigenvalue weighted by Gasteiger charge is -2.03. The van der Waals surface area contributed by atoms with Crippen LogP contribution in [-0.4, -0.2) is 35.4 Å². The molecule has 8 nitrogen and oxygen atoms in total. The Labute approximate surface area is 156 Å². The molecule has 0 saturated carbocycles. The standard InChI is InChI=1S/C19H21N7O/c1-5-26-12(3)18(11(2)24-26)15-9-16(23-22-15)19(27)21-13-6-7-17-14(8-13)20-10-25(17)4/h6-10H,5H2,1-4H3,(H,21,27)(H,22,23). The number of nitrogens with zero attached hydrogens (tertiary/aromatic N) is 5. The van der Waals surface area contributed by atoms with Gasteiger partial charge in [0, 0.05) is 30.5 Å². The van der Waals surface area contributed by atoms with Gasteiger partial charge in [-0.25, -0.2) is 4.98 Å². The third kappa shape index (κ3) is 2.88. The lowest BCUT2D eigenvalue weighted by atomic mass is 10.1. The molecule has 3 aromatic heterocycles. The van der Waals surface area contributed by atoms with Crippen LogP contribution in [-0.2, 0) is 13.6 Å². The Morgan fingerprint density at radius 3 is 2.81 bits per heavy atom. The second-order valence-corrected chi connectivity index (χ2v) is 6.54. The average molecular weight is 363 g/mol. The molecule has 0 spiro atoms. The summed E-state index contributed by atoms with van der Waals surface area (Å²) in [5, 5.41) is 14.5. The van der Waals surface area contributed by atoms with E-state index < -0.39 is 0 Å². The maximum absolute atomic E-state index is 12.6. The van der Waals surface area contributed by atoms with Crippen molar-refractivity contribution >= 4 is 22.6 Å². The van der Waals surface area contributed by atoms with Crippen LogP contribution in [0.3, 0.4) is 0 Å². The van der Waals surface area contributed by atoms with Crippen LogP contribution in [0, 0.1) is 13.8 Å². The number of anilines is 1. The number of carbonyl (C=O) groups excluding carboxylic acids is 1. The number of benzene rings is 1. The molecule has 138 valence electrons. The van der Waals surface area contributed by atoms with E-state index in [1.807, 2.05) is 55.3 Å². The zero-order valence-corrected chi connectivity index (χ0v) is 15.7. The molecular formula is C19H21N7O. The molecule has 0 aliphatic carbocycles. The van der Waals surface area contributed by atoms with Crippen LogP contribution >= 0.6 is 0 Å². The summed E-state index contributed by atoms with van der Waals surface area (Å²) in [5.41, 5.74) is 6.54. The Kier molecular flexibility index (Phi) is 4.02. The highest BCUT2D eigenvalue weighted by atomic mass is 16.1. The number of nitrogens with one attached hydrogen (secondary N) is 2. The number of aromatic nitrogens is 6. The number of hydrogen-bond donors (Lipinski definition) is 2. The van der Waals surface area contributed by atoms with Crippen LogP contribution in [0.1, 0.15) is 28.8 Å². The minimum atomic E-state index is -0.248. The molecule has 0 aliphatic heterocycles. The van der Waals surface area contributed by atoms with Gasteiger partial charge < -0.3 is 9.88 Å².